The third kappa shape index (κ3) is 4.33. The molecule has 144 valence electrons. The number of amides is 1. The molecule has 0 atom stereocenters. The third-order valence-electron chi connectivity index (χ3n) is 4.39. The highest BCUT2D eigenvalue weighted by Crippen LogP contribution is 2.31. The Bertz CT molecular complexity index is 1200. The lowest BCUT2D eigenvalue weighted by Gasteiger charge is -2.07. The lowest BCUT2D eigenvalue weighted by atomic mass is 10.2. The van der Waals surface area contributed by atoms with E-state index in [2.05, 4.69) is 9.98 Å². The van der Waals surface area contributed by atoms with Gasteiger partial charge in [-0.15, -0.1) is 11.3 Å². The molecule has 6 heteroatoms. The summed E-state index contributed by atoms with van der Waals surface area (Å²) in [6.45, 7) is 0.636. The summed E-state index contributed by atoms with van der Waals surface area (Å²) in [6.07, 6.45) is 1.92. The van der Waals surface area contributed by atoms with Gasteiger partial charge in [-0.25, -0.2) is 4.98 Å². The van der Waals surface area contributed by atoms with Gasteiger partial charge in [0.2, 0.25) is 0 Å². The standard InChI is InChI=1S/C23H19N3O2S/c1-28-20-12-6-5-11-18(20)23-24-19(16-29-23)22(27)25-21-13-7-8-14-26(21)15-17-9-3-2-4-10-17/h2-14,16H,15H2,1H3. The second kappa shape index (κ2) is 8.67. The zero-order valence-electron chi connectivity index (χ0n) is 15.9. The molecule has 0 N–H and O–H groups in total. The van der Waals surface area contributed by atoms with Crippen LogP contribution in [0.1, 0.15) is 16.1 Å². The number of carbonyl (C=O) groups is 1. The van der Waals surface area contributed by atoms with Gasteiger partial charge in [-0.3, -0.25) is 4.79 Å². The number of hydrogen-bond donors (Lipinski definition) is 0. The molecule has 2 heterocycles. The summed E-state index contributed by atoms with van der Waals surface area (Å²) in [6, 6.07) is 23.3. The number of aromatic nitrogens is 2. The van der Waals surface area contributed by atoms with Crippen LogP contribution in [0, 0.1) is 0 Å². The minimum atomic E-state index is -0.365. The molecule has 2 aromatic heterocycles. The van der Waals surface area contributed by atoms with Crippen molar-refractivity contribution in [1.82, 2.24) is 9.55 Å². The van der Waals surface area contributed by atoms with Crippen molar-refractivity contribution in [3.05, 3.63) is 101 Å². The minimum Gasteiger partial charge on any atom is -0.496 e. The van der Waals surface area contributed by atoms with E-state index in [9.17, 15) is 4.79 Å². The SMILES string of the molecule is COc1ccccc1-c1nc(C(=O)N=c2ccccn2Cc2ccccc2)cs1. The Morgan fingerprint density at radius 3 is 2.62 bits per heavy atom. The van der Waals surface area contributed by atoms with Crippen molar-refractivity contribution in [2.45, 2.75) is 6.54 Å². The van der Waals surface area contributed by atoms with Crippen molar-refractivity contribution in [1.29, 1.82) is 0 Å². The third-order valence-corrected chi connectivity index (χ3v) is 5.26. The molecule has 2 aromatic carbocycles. The predicted molar refractivity (Wildman–Crippen MR) is 114 cm³/mol. The van der Waals surface area contributed by atoms with Gasteiger partial charge in [0.25, 0.3) is 5.91 Å². The van der Waals surface area contributed by atoms with Crippen LogP contribution in [0.2, 0.25) is 0 Å². The van der Waals surface area contributed by atoms with Crippen LogP contribution in [-0.4, -0.2) is 22.6 Å². The molecule has 0 aliphatic rings. The number of methoxy groups -OCH3 is 1. The van der Waals surface area contributed by atoms with Gasteiger partial charge < -0.3 is 9.30 Å². The van der Waals surface area contributed by atoms with Crippen molar-refractivity contribution in [2.24, 2.45) is 4.99 Å². The molecule has 29 heavy (non-hydrogen) atoms. The second-order valence-corrected chi connectivity index (χ2v) is 7.19. The fourth-order valence-electron chi connectivity index (χ4n) is 2.96. The molecule has 0 unspecified atom stereocenters. The number of ether oxygens (including phenoxy) is 1. The van der Waals surface area contributed by atoms with E-state index in [0.29, 0.717) is 17.7 Å². The molecule has 0 aliphatic heterocycles. The Kier molecular flexibility index (Phi) is 5.63. The molecule has 0 saturated heterocycles. The Balaban J connectivity index is 1.63. The molecule has 1 amide bonds. The van der Waals surface area contributed by atoms with Gasteiger partial charge in [0.15, 0.2) is 0 Å². The van der Waals surface area contributed by atoms with E-state index in [1.54, 1.807) is 12.5 Å². The first-order valence-corrected chi connectivity index (χ1v) is 10.00. The summed E-state index contributed by atoms with van der Waals surface area (Å²) in [7, 11) is 1.62. The maximum Gasteiger partial charge on any atom is 0.298 e. The first kappa shape index (κ1) is 18.8. The van der Waals surface area contributed by atoms with E-state index in [-0.39, 0.29) is 5.91 Å². The highest BCUT2D eigenvalue weighted by atomic mass is 32.1. The summed E-state index contributed by atoms with van der Waals surface area (Å²) >= 11 is 1.40. The summed E-state index contributed by atoms with van der Waals surface area (Å²) in [5.74, 6) is 0.358. The highest BCUT2D eigenvalue weighted by molar-refractivity contribution is 7.13. The van der Waals surface area contributed by atoms with Crippen molar-refractivity contribution in [2.75, 3.05) is 7.11 Å². The molecule has 4 aromatic rings. The van der Waals surface area contributed by atoms with E-state index in [1.807, 2.05) is 83.6 Å². The fraction of sp³-hybridized carbons (Fsp3) is 0.0870. The average molecular weight is 401 g/mol. The monoisotopic (exact) mass is 401 g/mol. The van der Waals surface area contributed by atoms with Crippen LogP contribution in [0.5, 0.6) is 5.75 Å². The van der Waals surface area contributed by atoms with E-state index < -0.39 is 0 Å². The first-order valence-electron chi connectivity index (χ1n) is 9.12. The van der Waals surface area contributed by atoms with Gasteiger partial charge in [-0.1, -0.05) is 48.5 Å². The highest BCUT2D eigenvalue weighted by Gasteiger charge is 2.14. The van der Waals surface area contributed by atoms with Crippen LogP contribution in [0.25, 0.3) is 10.6 Å². The molecular weight excluding hydrogens is 382 g/mol. The van der Waals surface area contributed by atoms with Gasteiger partial charge in [-0.2, -0.15) is 4.99 Å². The fourth-order valence-corrected chi connectivity index (χ4v) is 3.78. The molecule has 4 rings (SSSR count). The van der Waals surface area contributed by atoms with Crippen molar-refractivity contribution in [3.8, 4) is 16.3 Å². The van der Waals surface area contributed by atoms with Gasteiger partial charge in [0, 0.05) is 18.1 Å². The first-order chi connectivity index (χ1) is 14.2. The Morgan fingerprint density at radius 1 is 1.03 bits per heavy atom. The number of carbonyl (C=O) groups excluding carboxylic acids is 1. The number of pyridine rings is 1. The maximum absolute atomic E-state index is 12.8. The van der Waals surface area contributed by atoms with E-state index in [1.165, 1.54) is 11.3 Å². The summed E-state index contributed by atoms with van der Waals surface area (Å²) in [5, 5.41) is 2.46. The van der Waals surface area contributed by atoms with Crippen LogP contribution >= 0.6 is 11.3 Å². The number of thiazole rings is 1. The number of hydrogen-bond acceptors (Lipinski definition) is 4. The lowest BCUT2D eigenvalue weighted by Crippen LogP contribution is -2.22. The molecule has 0 aliphatic carbocycles. The number of benzene rings is 2. The smallest absolute Gasteiger partial charge is 0.298 e. The molecule has 0 spiro atoms. The van der Waals surface area contributed by atoms with E-state index in [4.69, 9.17) is 4.74 Å². The summed E-state index contributed by atoms with van der Waals surface area (Å²) < 4.78 is 7.34. The molecule has 0 saturated carbocycles. The molecule has 0 bridgehead atoms. The second-order valence-electron chi connectivity index (χ2n) is 6.33. The van der Waals surface area contributed by atoms with Crippen molar-refractivity contribution in [3.63, 3.8) is 0 Å². The van der Waals surface area contributed by atoms with Crippen LogP contribution in [0.15, 0.2) is 89.4 Å². The van der Waals surface area contributed by atoms with Crippen LogP contribution in [0.4, 0.5) is 0 Å². The Hall–Kier alpha value is -3.51. The van der Waals surface area contributed by atoms with Gasteiger partial charge in [0.05, 0.1) is 12.7 Å². The Labute approximate surface area is 172 Å². The van der Waals surface area contributed by atoms with Gasteiger partial charge >= 0.3 is 0 Å². The van der Waals surface area contributed by atoms with Crippen molar-refractivity contribution >= 4 is 17.2 Å². The largest absolute Gasteiger partial charge is 0.496 e. The number of para-hydroxylation sites is 1. The topological polar surface area (TPSA) is 56.5 Å². The Morgan fingerprint density at radius 2 is 1.79 bits per heavy atom. The molecule has 0 radical (unpaired) electrons. The molecule has 5 nitrogen and oxygen atoms in total. The summed E-state index contributed by atoms with van der Waals surface area (Å²) in [4.78, 5) is 21.5. The summed E-state index contributed by atoms with van der Waals surface area (Å²) in [5.41, 5.74) is 2.91. The van der Waals surface area contributed by atoms with Crippen LogP contribution < -0.4 is 10.2 Å². The number of nitrogens with zero attached hydrogens (tertiary/aromatic N) is 3. The van der Waals surface area contributed by atoms with Gasteiger partial charge in [0.1, 0.15) is 21.9 Å². The van der Waals surface area contributed by atoms with Crippen LogP contribution in [0.3, 0.4) is 0 Å². The molecule has 0 fully saturated rings. The van der Waals surface area contributed by atoms with E-state index >= 15 is 0 Å². The zero-order chi connectivity index (χ0) is 20.1. The minimum absolute atomic E-state index is 0.325. The van der Waals surface area contributed by atoms with Crippen LogP contribution in [-0.2, 0) is 6.54 Å². The quantitative estimate of drug-likeness (QED) is 0.498. The molecular formula is C23H19N3O2S. The lowest BCUT2D eigenvalue weighted by molar-refractivity contribution is 0.0993. The predicted octanol–water partition coefficient (Wildman–Crippen LogP) is 4.41. The van der Waals surface area contributed by atoms with Gasteiger partial charge in [-0.05, 0) is 29.8 Å². The zero-order valence-corrected chi connectivity index (χ0v) is 16.7. The van der Waals surface area contributed by atoms with Crippen molar-refractivity contribution < 1.29 is 9.53 Å². The maximum atomic E-state index is 12.8. The average Bonchev–Trinajstić information content (AvgIpc) is 3.26. The van der Waals surface area contributed by atoms with E-state index in [0.717, 1.165) is 21.9 Å². The number of rotatable bonds is 5. The normalized spacial score (nSPS) is 11.4.